The van der Waals surface area contributed by atoms with Gasteiger partial charge in [0.15, 0.2) is 0 Å². The monoisotopic (exact) mass is 275 g/mol. The predicted octanol–water partition coefficient (Wildman–Crippen LogP) is 2.67. The molecule has 0 bridgehead atoms. The van der Waals surface area contributed by atoms with Crippen LogP contribution in [0, 0.1) is 28.4 Å². The Morgan fingerprint density at radius 3 is 2.65 bits per heavy atom. The van der Waals surface area contributed by atoms with Crippen LogP contribution in [0.4, 0.5) is 5.69 Å². The Morgan fingerprint density at radius 1 is 1.50 bits per heavy atom. The smallest absolute Gasteiger partial charge is 0.282 e. The molecule has 1 rings (SSSR count). The largest absolute Gasteiger partial charge is 0.335 e. The Bertz CT molecular complexity index is 561. The van der Waals surface area contributed by atoms with E-state index in [1.54, 1.807) is 19.1 Å². The standard InChI is InChI=1S/C14H17N3O3/c1-10(2)16(9-5-8-15)14(18)13-11(3)6-4-7-12(13)17(19)20/h4,6-7,10H,5,9H2,1-3H3. The molecule has 0 saturated heterocycles. The quantitative estimate of drug-likeness (QED) is 0.610. The van der Waals surface area contributed by atoms with Crippen LogP contribution in [0.1, 0.15) is 36.2 Å². The lowest BCUT2D eigenvalue weighted by molar-refractivity contribution is -0.385. The second kappa shape index (κ2) is 6.66. The maximum atomic E-state index is 12.6. The third-order valence-corrected chi connectivity index (χ3v) is 3.01. The normalized spacial score (nSPS) is 10.2. The zero-order chi connectivity index (χ0) is 15.3. The van der Waals surface area contributed by atoms with E-state index in [1.165, 1.54) is 11.0 Å². The first kappa shape index (κ1) is 15.6. The van der Waals surface area contributed by atoms with E-state index in [2.05, 4.69) is 0 Å². The van der Waals surface area contributed by atoms with E-state index in [1.807, 2.05) is 19.9 Å². The molecule has 0 spiro atoms. The average Bonchev–Trinajstić information content (AvgIpc) is 2.38. The van der Waals surface area contributed by atoms with Gasteiger partial charge in [0.2, 0.25) is 0 Å². The molecule has 106 valence electrons. The van der Waals surface area contributed by atoms with Gasteiger partial charge in [-0.1, -0.05) is 12.1 Å². The van der Waals surface area contributed by atoms with E-state index in [9.17, 15) is 14.9 Å². The molecule has 0 heterocycles. The first-order valence-corrected chi connectivity index (χ1v) is 6.32. The Kier molecular flexibility index (Phi) is 5.21. The van der Waals surface area contributed by atoms with Crippen molar-refractivity contribution in [1.82, 2.24) is 4.90 Å². The second-order valence-corrected chi connectivity index (χ2v) is 4.73. The van der Waals surface area contributed by atoms with Gasteiger partial charge in [0, 0.05) is 18.7 Å². The highest BCUT2D eigenvalue weighted by Crippen LogP contribution is 2.24. The van der Waals surface area contributed by atoms with Gasteiger partial charge in [0.1, 0.15) is 5.56 Å². The minimum absolute atomic E-state index is 0.101. The topological polar surface area (TPSA) is 87.2 Å². The number of hydrogen-bond donors (Lipinski definition) is 0. The number of aryl methyl sites for hydroxylation is 1. The van der Waals surface area contributed by atoms with Crippen LogP contribution >= 0.6 is 0 Å². The molecule has 0 aliphatic rings. The van der Waals surface area contributed by atoms with E-state index in [0.29, 0.717) is 5.56 Å². The van der Waals surface area contributed by atoms with Gasteiger partial charge < -0.3 is 4.90 Å². The molecule has 0 fully saturated rings. The number of rotatable bonds is 5. The maximum absolute atomic E-state index is 12.6. The van der Waals surface area contributed by atoms with Crippen LogP contribution in [0.3, 0.4) is 0 Å². The molecular formula is C14H17N3O3. The van der Waals surface area contributed by atoms with Crippen molar-refractivity contribution in [2.45, 2.75) is 33.2 Å². The second-order valence-electron chi connectivity index (χ2n) is 4.73. The van der Waals surface area contributed by atoms with E-state index < -0.39 is 10.8 Å². The molecule has 0 unspecified atom stereocenters. The van der Waals surface area contributed by atoms with Crippen molar-refractivity contribution in [2.24, 2.45) is 0 Å². The summed E-state index contributed by atoms with van der Waals surface area (Å²) in [5.41, 5.74) is 0.466. The van der Waals surface area contributed by atoms with E-state index in [0.717, 1.165) is 0 Å². The summed E-state index contributed by atoms with van der Waals surface area (Å²) in [7, 11) is 0. The van der Waals surface area contributed by atoms with Gasteiger partial charge in [-0.25, -0.2) is 0 Å². The zero-order valence-corrected chi connectivity index (χ0v) is 11.8. The van der Waals surface area contributed by atoms with Crippen molar-refractivity contribution < 1.29 is 9.72 Å². The molecule has 1 aromatic carbocycles. The summed E-state index contributed by atoms with van der Waals surface area (Å²) in [6.45, 7) is 5.57. The summed E-state index contributed by atoms with van der Waals surface area (Å²) in [4.78, 5) is 24.5. The molecular weight excluding hydrogens is 258 g/mol. The third kappa shape index (κ3) is 3.32. The van der Waals surface area contributed by atoms with Crippen LogP contribution in [0.5, 0.6) is 0 Å². The Hall–Kier alpha value is -2.42. The van der Waals surface area contributed by atoms with Gasteiger partial charge in [-0.3, -0.25) is 14.9 Å². The van der Waals surface area contributed by atoms with Crippen LogP contribution in [-0.2, 0) is 0 Å². The van der Waals surface area contributed by atoms with Gasteiger partial charge in [-0.05, 0) is 26.3 Å². The summed E-state index contributed by atoms with van der Waals surface area (Å²) in [5.74, 6) is -0.403. The fourth-order valence-corrected chi connectivity index (χ4v) is 1.99. The number of carbonyl (C=O) groups excluding carboxylic acids is 1. The number of nitro benzene ring substituents is 1. The highest BCUT2D eigenvalue weighted by molar-refractivity contribution is 5.99. The van der Waals surface area contributed by atoms with Gasteiger partial charge >= 0.3 is 0 Å². The van der Waals surface area contributed by atoms with Crippen molar-refractivity contribution in [3.05, 3.63) is 39.4 Å². The van der Waals surface area contributed by atoms with E-state index >= 15 is 0 Å². The number of nitriles is 1. The lowest BCUT2D eigenvalue weighted by atomic mass is 10.0. The third-order valence-electron chi connectivity index (χ3n) is 3.01. The van der Waals surface area contributed by atoms with E-state index in [4.69, 9.17) is 5.26 Å². The van der Waals surface area contributed by atoms with Gasteiger partial charge in [0.25, 0.3) is 11.6 Å². The summed E-state index contributed by atoms with van der Waals surface area (Å²) in [6, 6.07) is 6.40. The van der Waals surface area contributed by atoms with Crippen LogP contribution in [0.15, 0.2) is 18.2 Å². The predicted molar refractivity (Wildman–Crippen MR) is 74.2 cm³/mol. The molecule has 0 N–H and O–H groups in total. The minimum Gasteiger partial charge on any atom is -0.335 e. The lowest BCUT2D eigenvalue weighted by Crippen LogP contribution is -2.38. The molecule has 0 aliphatic carbocycles. The van der Waals surface area contributed by atoms with Crippen LogP contribution in [0.2, 0.25) is 0 Å². The molecule has 6 nitrogen and oxygen atoms in total. The number of hydrogen-bond acceptors (Lipinski definition) is 4. The summed E-state index contributed by atoms with van der Waals surface area (Å²) in [5, 5.41) is 19.7. The van der Waals surface area contributed by atoms with Crippen molar-refractivity contribution in [1.29, 1.82) is 5.26 Å². The Labute approximate surface area is 117 Å². The fourth-order valence-electron chi connectivity index (χ4n) is 1.99. The molecule has 0 radical (unpaired) electrons. The zero-order valence-electron chi connectivity index (χ0n) is 11.8. The number of benzene rings is 1. The average molecular weight is 275 g/mol. The van der Waals surface area contributed by atoms with Gasteiger partial charge in [-0.15, -0.1) is 0 Å². The van der Waals surface area contributed by atoms with Crippen molar-refractivity contribution in [2.75, 3.05) is 6.54 Å². The summed E-state index contributed by atoms with van der Waals surface area (Å²) >= 11 is 0. The fraction of sp³-hybridized carbons (Fsp3) is 0.429. The van der Waals surface area contributed by atoms with E-state index in [-0.39, 0.29) is 30.3 Å². The van der Waals surface area contributed by atoms with Crippen LogP contribution in [0.25, 0.3) is 0 Å². The Morgan fingerprint density at radius 2 is 2.15 bits per heavy atom. The first-order chi connectivity index (χ1) is 9.40. The van der Waals surface area contributed by atoms with Gasteiger partial charge in [-0.2, -0.15) is 5.26 Å². The molecule has 0 atom stereocenters. The van der Waals surface area contributed by atoms with Crippen molar-refractivity contribution in [3.63, 3.8) is 0 Å². The summed E-state index contributed by atoms with van der Waals surface area (Å²) in [6.07, 6.45) is 0.198. The number of nitro groups is 1. The van der Waals surface area contributed by atoms with Gasteiger partial charge in [0.05, 0.1) is 17.4 Å². The summed E-state index contributed by atoms with van der Waals surface area (Å²) < 4.78 is 0. The highest BCUT2D eigenvalue weighted by Gasteiger charge is 2.27. The number of nitrogens with zero attached hydrogens (tertiary/aromatic N) is 3. The van der Waals surface area contributed by atoms with Crippen LogP contribution < -0.4 is 0 Å². The maximum Gasteiger partial charge on any atom is 0.282 e. The molecule has 6 heteroatoms. The van der Waals surface area contributed by atoms with Crippen molar-refractivity contribution >= 4 is 11.6 Å². The molecule has 0 saturated carbocycles. The lowest BCUT2D eigenvalue weighted by Gasteiger charge is -2.26. The molecule has 20 heavy (non-hydrogen) atoms. The first-order valence-electron chi connectivity index (χ1n) is 6.32. The van der Waals surface area contributed by atoms with Crippen molar-refractivity contribution in [3.8, 4) is 6.07 Å². The molecule has 1 aromatic rings. The molecule has 0 aliphatic heterocycles. The minimum atomic E-state index is -0.553. The SMILES string of the molecule is Cc1cccc([N+](=O)[O-])c1C(=O)N(CCC#N)C(C)C. The Balaban J connectivity index is 3.25. The number of amides is 1. The van der Waals surface area contributed by atoms with Crippen LogP contribution in [-0.4, -0.2) is 28.3 Å². The molecule has 1 amide bonds. The number of carbonyl (C=O) groups is 1. The highest BCUT2D eigenvalue weighted by atomic mass is 16.6. The molecule has 0 aromatic heterocycles.